The summed E-state index contributed by atoms with van der Waals surface area (Å²) in [7, 11) is 0. The van der Waals surface area contributed by atoms with Crippen molar-refractivity contribution >= 4 is 21.8 Å². The molecule has 2 heterocycles. The van der Waals surface area contributed by atoms with Crippen LogP contribution in [-0.2, 0) is 5.54 Å². The molecule has 5 heteroatoms. The third kappa shape index (κ3) is 3.47. The van der Waals surface area contributed by atoms with E-state index < -0.39 is 5.54 Å². The molecular weight excluding hydrogens is 330 g/mol. The normalized spacial score (nSPS) is 11.2. The van der Waals surface area contributed by atoms with E-state index in [1.807, 2.05) is 12.1 Å². The van der Waals surface area contributed by atoms with Crippen LogP contribution in [0.4, 0.5) is 0 Å². The highest BCUT2D eigenvalue weighted by Gasteiger charge is 2.30. The Bertz CT molecular complexity index is 612. The average molecular weight is 348 g/mol. The first-order chi connectivity index (χ1) is 10.1. The molecule has 21 heavy (non-hydrogen) atoms. The second kappa shape index (κ2) is 6.80. The van der Waals surface area contributed by atoms with Crippen molar-refractivity contribution in [3.05, 3.63) is 58.6 Å². The summed E-state index contributed by atoms with van der Waals surface area (Å²) in [5, 5.41) is 3.17. The number of aromatic nitrogens is 2. The SMILES string of the molecule is CCC(CC)(NC(=O)c1ccncc1)c1ccnc(Br)c1. The molecule has 1 amide bonds. The molecular formula is C16H18BrN3O. The number of carbonyl (C=O) groups is 1. The Labute approximate surface area is 133 Å². The van der Waals surface area contributed by atoms with Gasteiger partial charge in [0.05, 0.1) is 5.54 Å². The smallest absolute Gasteiger partial charge is 0.252 e. The molecule has 0 unspecified atom stereocenters. The van der Waals surface area contributed by atoms with Gasteiger partial charge in [0.1, 0.15) is 4.60 Å². The molecule has 0 aliphatic heterocycles. The first kappa shape index (κ1) is 15.6. The molecule has 0 bridgehead atoms. The van der Waals surface area contributed by atoms with E-state index in [2.05, 4.69) is 45.1 Å². The third-order valence-corrected chi connectivity index (χ3v) is 4.22. The quantitative estimate of drug-likeness (QED) is 0.839. The van der Waals surface area contributed by atoms with Gasteiger partial charge >= 0.3 is 0 Å². The van der Waals surface area contributed by atoms with E-state index >= 15 is 0 Å². The predicted molar refractivity (Wildman–Crippen MR) is 85.9 cm³/mol. The van der Waals surface area contributed by atoms with E-state index in [4.69, 9.17) is 0 Å². The van der Waals surface area contributed by atoms with Crippen molar-refractivity contribution in [3.63, 3.8) is 0 Å². The van der Waals surface area contributed by atoms with Crippen LogP contribution < -0.4 is 5.32 Å². The Morgan fingerprint density at radius 1 is 1.19 bits per heavy atom. The molecule has 0 fully saturated rings. The zero-order valence-electron chi connectivity index (χ0n) is 12.1. The maximum atomic E-state index is 12.5. The van der Waals surface area contributed by atoms with Crippen LogP contribution in [0.2, 0.25) is 0 Å². The van der Waals surface area contributed by atoms with Gasteiger partial charge in [0.15, 0.2) is 0 Å². The van der Waals surface area contributed by atoms with Gasteiger partial charge in [-0.3, -0.25) is 9.78 Å². The van der Waals surface area contributed by atoms with Crippen LogP contribution in [0.3, 0.4) is 0 Å². The number of halogens is 1. The van der Waals surface area contributed by atoms with Gasteiger partial charge < -0.3 is 5.32 Å². The molecule has 0 spiro atoms. The van der Waals surface area contributed by atoms with Crippen LogP contribution in [0, 0.1) is 0 Å². The predicted octanol–water partition coefficient (Wildman–Crippen LogP) is 3.68. The minimum absolute atomic E-state index is 0.0889. The fraction of sp³-hybridized carbons (Fsp3) is 0.312. The molecule has 0 aliphatic rings. The highest BCUT2D eigenvalue weighted by atomic mass is 79.9. The first-order valence-electron chi connectivity index (χ1n) is 6.96. The van der Waals surface area contributed by atoms with Crippen molar-refractivity contribution in [2.45, 2.75) is 32.2 Å². The maximum Gasteiger partial charge on any atom is 0.252 e. The van der Waals surface area contributed by atoms with Crippen LogP contribution in [0.1, 0.15) is 42.6 Å². The Morgan fingerprint density at radius 3 is 2.43 bits per heavy atom. The van der Waals surface area contributed by atoms with Crippen molar-refractivity contribution in [2.24, 2.45) is 0 Å². The standard InChI is InChI=1S/C16H18BrN3O/c1-3-16(4-2,13-7-10-19-14(17)11-13)20-15(21)12-5-8-18-9-6-12/h5-11H,3-4H2,1-2H3,(H,20,21). The highest BCUT2D eigenvalue weighted by molar-refractivity contribution is 9.10. The zero-order chi connectivity index (χ0) is 15.3. The molecule has 0 saturated heterocycles. The number of nitrogens with zero attached hydrogens (tertiary/aromatic N) is 2. The highest BCUT2D eigenvalue weighted by Crippen LogP contribution is 2.30. The molecule has 4 nitrogen and oxygen atoms in total. The van der Waals surface area contributed by atoms with E-state index in [1.54, 1.807) is 30.7 Å². The second-order valence-corrected chi connectivity index (χ2v) is 5.66. The van der Waals surface area contributed by atoms with Crippen molar-refractivity contribution in [2.75, 3.05) is 0 Å². The summed E-state index contributed by atoms with van der Waals surface area (Å²) in [5.41, 5.74) is 1.27. The summed E-state index contributed by atoms with van der Waals surface area (Å²) < 4.78 is 0.768. The minimum Gasteiger partial charge on any atom is -0.343 e. The number of hydrogen-bond donors (Lipinski definition) is 1. The molecule has 2 aromatic heterocycles. The fourth-order valence-electron chi connectivity index (χ4n) is 2.40. The van der Waals surface area contributed by atoms with Gasteiger partial charge in [0.2, 0.25) is 0 Å². The van der Waals surface area contributed by atoms with Gasteiger partial charge in [-0.1, -0.05) is 13.8 Å². The topological polar surface area (TPSA) is 54.9 Å². The monoisotopic (exact) mass is 347 g/mol. The van der Waals surface area contributed by atoms with Crippen molar-refractivity contribution in [1.29, 1.82) is 0 Å². The number of carbonyl (C=O) groups excluding carboxylic acids is 1. The Kier molecular flexibility index (Phi) is 5.07. The lowest BCUT2D eigenvalue weighted by molar-refractivity contribution is 0.0889. The van der Waals surface area contributed by atoms with Crippen molar-refractivity contribution < 1.29 is 4.79 Å². The zero-order valence-corrected chi connectivity index (χ0v) is 13.7. The largest absolute Gasteiger partial charge is 0.343 e. The lowest BCUT2D eigenvalue weighted by atomic mass is 9.85. The molecule has 0 saturated carbocycles. The van der Waals surface area contributed by atoms with Gasteiger partial charge in [-0.25, -0.2) is 4.98 Å². The van der Waals surface area contributed by atoms with Gasteiger partial charge in [0.25, 0.3) is 5.91 Å². The molecule has 0 aliphatic carbocycles. The summed E-state index contributed by atoms with van der Waals surface area (Å²) in [5.74, 6) is -0.0889. The van der Waals surface area contributed by atoms with Gasteiger partial charge in [-0.15, -0.1) is 0 Å². The molecule has 0 aromatic carbocycles. The van der Waals surface area contributed by atoms with Gasteiger partial charge in [-0.2, -0.15) is 0 Å². The summed E-state index contributed by atoms with van der Waals surface area (Å²) in [6.07, 6.45) is 6.60. The van der Waals surface area contributed by atoms with Crippen LogP contribution in [0.5, 0.6) is 0 Å². The van der Waals surface area contributed by atoms with E-state index in [0.29, 0.717) is 5.56 Å². The third-order valence-electron chi connectivity index (χ3n) is 3.78. The van der Waals surface area contributed by atoms with E-state index in [-0.39, 0.29) is 5.91 Å². The average Bonchev–Trinajstić information content (AvgIpc) is 2.53. The van der Waals surface area contributed by atoms with Crippen molar-refractivity contribution in [3.8, 4) is 0 Å². The summed E-state index contributed by atoms with van der Waals surface area (Å²) >= 11 is 3.39. The summed E-state index contributed by atoms with van der Waals surface area (Å²) in [6, 6.07) is 7.34. The van der Waals surface area contributed by atoms with Crippen LogP contribution >= 0.6 is 15.9 Å². The number of rotatable bonds is 5. The lowest BCUT2D eigenvalue weighted by Gasteiger charge is -2.33. The molecule has 110 valence electrons. The van der Waals surface area contributed by atoms with Crippen LogP contribution in [-0.4, -0.2) is 15.9 Å². The van der Waals surface area contributed by atoms with E-state index in [0.717, 1.165) is 23.0 Å². The second-order valence-electron chi connectivity index (χ2n) is 4.85. The first-order valence-corrected chi connectivity index (χ1v) is 7.75. The summed E-state index contributed by atoms with van der Waals surface area (Å²) in [4.78, 5) is 20.6. The van der Waals surface area contributed by atoms with E-state index in [1.165, 1.54) is 0 Å². The Hall–Kier alpha value is -1.75. The minimum atomic E-state index is -0.397. The number of nitrogens with one attached hydrogen (secondary N) is 1. The molecule has 1 N–H and O–H groups in total. The molecule has 2 aromatic rings. The fourth-order valence-corrected chi connectivity index (χ4v) is 2.76. The van der Waals surface area contributed by atoms with Crippen molar-refractivity contribution in [1.82, 2.24) is 15.3 Å². The van der Waals surface area contributed by atoms with Gasteiger partial charge in [-0.05, 0) is 58.6 Å². The Balaban J connectivity index is 2.33. The Morgan fingerprint density at radius 2 is 1.86 bits per heavy atom. The molecule has 0 radical (unpaired) electrons. The molecule has 0 atom stereocenters. The molecule has 2 rings (SSSR count). The van der Waals surface area contributed by atoms with Crippen LogP contribution in [0.15, 0.2) is 47.5 Å². The maximum absolute atomic E-state index is 12.5. The van der Waals surface area contributed by atoms with E-state index in [9.17, 15) is 4.79 Å². The number of amides is 1. The summed E-state index contributed by atoms with van der Waals surface area (Å²) in [6.45, 7) is 4.15. The number of pyridine rings is 2. The number of hydrogen-bond acceptors (Lipinski definition) is 3. The van der Waals surface area contributed by atoms with Gasteiger partial charge in [0, 0.05) is 24.2 Å². The van der Waals surface area contributed by atoms with Crippen LogP contribution in [0.25, 0.3) is 0 Å². The lowest BCUT2D eigenvalue weighted by Crippen LogP contribution is -2.45.